The molecule has 0 spiro atoms. The molecule has 1 saturated heterocycles. The first-order valence-electron chi connectivity index (χ1n) is 12.7. The predicted octanol–water partition coefficient (Wildman–Crippen LogP) is 6.56. The third kappa shape index (κ3) is 6.06. The van der Waals surface area contributed by atoms with Crippen molar-refractivity contribution in [1.29, 1.82) is 0 Å². The van der Waals surface area contributed by atoms with Gasteiger partial charge in [0.2, 0.25) is 0 Å². The summed E-state index contributed by atoms with van der Waals surface area (Å²) in [4.78, 5) is 17.9. The van der Waals surface area contributed by atoms with Crippen molar-refractivity contribution in [1.82, 2.24) is 19.7 Å². The zero-order valence-electron chi connectivity index (χ0n) is 21.8. The smallest absolute Gasteiger partial charge is 0.434 e. The van der Waals surface area contributed by atoms with Crippen LogP contribution in [0.4, 0.5) is 17.6 Å². The van der Waals surface area contributed by atoms with Crippen LogP contribution in [0, 0.1) is 12.8 Å². The molecule has 2 aromatic carbocycles. The van der Waals surface area contributed by atoms with Crippen LogP contribution in [-0.4, -0.2) is 63.7 Å². The normalized spacial score (nSPS) is 14.2. The van der Waals surface area contributed by atoms with Gasteiger partial charge in [-0.3, -0.25) is 4.90 Å². The van der Waals surface area contributed by atoms with E-state index in [2.05, 4.69) is 10.1 Å². The molecular weight excluding hydrogens is 564 g/mol. The number of carboxylic acids is 1. The molecule has 1 aliphatic heterocycles. The zero-order chi connectivity index (χ0) is 29.3. The maximum Gasteiger partial charge on any atom is 0.434 e. The van der Waals surface area contributed by atoms with Crippen LogP contribution in [-0.2, 0) is 6.18 Å². The number of rotatable bonds is 9. The topological polar surface area (TPSA) is 80.5 Å². The number of aryl methyl sites for hydroxylation is 1. The Morgan fingerprint density at radius 3 is 2.59 bits per heavy atom. The van der Waals surface area contributed by atoms with Crippen molar-refractivity contribution in [2.45, 2.75) is 13.1 Å². The van der Waals surface area contributed by atoms with Crippen molar-refractivity contribution in [3.05, 3.63) is 82.6 Å². The molecule has 0 unspecified atom stereocenters. The van der Waals surface area contributed by atoms with Gasteiger partial charge in [-0.2, -0.15) is 18.3 Å². The van der Waals surface area contributed by atoms with E-state index in [1.54, 1.807) is 24.3 Å². The Hall–Kier alpha value is -3.96. The van der Waals surface area contributed by atoms with E-state index in [9.17, 15) is 27.5 Å². The second-order valence-electron chi connectivity index (χ2n) is 9.80. The van der Waals surface area contributed by atoms with Crippen molar-refractivity contribution >= 4 is 17.6 Å². The molecule has 3 heterocycles. The second kappa shape index (κ2) is 11.5. The Morgan fingerprint density at radius 1 is 1.12 bits per heavy atom. The van der Waals surface area contributed by atoms with Crippen molar-refractivity contribution in [2.24, 2.45) is 5.92 Å². The number of carboxylic acid groups (broad SMARTS) is 1. The van der Waals surface area contributed by atoms with E-state index >= 15 is 0 Å². The van der Waals surface area contributed by atoms with E-state index in [0.717, 1.165) is 35.5 Å². The number of hydrogen-bond acceptors (Lipinski definition) is 5. The quantitative estimate of drug-likeness (QED) is 0.223. The van der Waals surface area contributed by atoms with Crippen LogP contribution in [0.25, 0.3) is 28.2 Å². The average Bonchev–Trinajstić information content (AvgIpc) is 3.37. The number of aromatic nitrogens is 3. The SMILES string of the molecule is Cc1cc(-c2ccc(Cl)cc2-c2cccc(-n3ncc(C(=O)O)c3C(F)(F)F)n2)ccc1OCC1CN(CCF)C1. The average molecular weight is 589 g/mol. The third-order valence-corrected chi connectivity index (χ3v) is 7.11. The fourth-order valence-electron chi connectivity index (χ4n) is 4.89. The van der Waals surface area contributed by atoms with E-state index < -0.39 is 23.4 Å². The first-order valence-corrected chi connectivity index (χ1v) is 13.1. The molecule has 0 aliphatic carbocycles. The van der Waals surface area contributed by atoms with Gasteiger partial charge in [-0.1, -0.05) is 29.8 Å². The molecule has 7 nitrogen and oxygen atoms in total. The lowest BCUT2D eigenvalue weighted by atomic mass is 9.96. The van der Waals surface area contributed by atoms with Crippen LogP contribution >= 0.6 is 11.6 Å². The summed E-state index contributed by atoms with van der Waals surface area (Å²) < 4.78 is 60.4. The molecule has 0 atom stereocenters. The molecular formula is C29H25ClF4N4O3. The summed E-state index contributed by atoms with van der Waals surface area (Å²) >= 11 is 6.31. The van der Waals surface area contributed by atoms with Crippen molar-refractivity contribution in [3.8, 4) is 34.0 Å². The maximum absolute atomic E-state index is 13.8. The molecule has 1 N–H and O–H groups in total. The fourth-order valence-corrected chi connectivity index (χ4v) is 5.07. The van der Waals surface area contributed by atoms with Crippen molar-refractivity contribution in [3.63, 3.8) is 0 Å². The molecule has 1 aliphatic rings. The van der Waals surface area contributed by atoms with Gasteiger partial charge in [-0.15, -0.1) is 0 Å². The van der Waals surface area contributed by atoms with Crippen LogP contribution in [0.15, 0.2) is 60.8 Å². The number of hydrogen-bond donors (Lipinski definition) is 1. The van der Waals surface area contributed by atoms with E-state index in [1.165, 1.54) is 12.1 Å². The summed E-state index contributed by atoms with van der Waals surface area (Å²) in [6.45, 7) is 4.15. The third-order valence-electron chi connectivity index (χ3n) is 6.87. The molecule has 1 fully saturated rings. The Labute approximate surface area is 238 Å². The van der Waals surface area contributed by atoms with E-state index in [1.807, 2.05) is 30.0 Å². The van der Waals surface area contributed by atoms with E-state index in [-0.39, 0.29) is 12.5 Å². The largest absolute Gasteiger partial charge is 0.493 e. The van der Waals surface area contributed by atoms with Crippen LogP contribution in [0.5, 0.6) is 5.75 Å². The fraction of sp³-hybridized carbons (Fsp3) is 0.276. The molecule has 0 amide bonds. The van der Waals surface area contributed by atoms with Gasteiger partial charge in [0, 0.05) is 36.1 Å². The van der Waals surface area contributed by atoms with Crippen LogP contribution < -0.4 is 4.74 Å². The lowest BCUT2D eigenvalue weighted by molar-refractivity contribution is -0.143. The Kier molecular flexibility index (Phi) is 8.01. The summed E-state index contributed by atoms with van der Waals surface area (Å²) in [6, 6.07) is 15.3. The highest BCUT2D eigenvalue weighted by Crippen LogP contribution is 2.37. The standard InChI is InChI=1S/C29H25ClF4N4O3/c1-17-11-19(5-8-25(17)41-16-18-14-37(15-18)10-9-31)21-7-6-20(30)12-22(21)24-3-2-4-26(36-24)38-27(29(32,33)34)23(13-35-38)28(39)40/h2-8,11-13,18H,9-10,14-16H2,1H3,(H,39,40). The van der Waals surface area contributed by atoms with Gasteiger partial charge in [0.1, 0.15) is 18.0 Å². The van der Waals surface area contributed by atoms with Gasteiger partial charge in [0.25, 0.3) is 0 Å². The zero-order valence-corrected chi connectivity index (χ0v) is 22.6. The van der Waals surface area contributed by atoms with Crippen molar-refractivity contribution < 1.29 is 32.2 Å². The number of pyridine rings is 1. The lowest BCUT2D eigenvalue weighted by Gasteiger charge is -2.38. The molecule has 5 rings (SSSR count). The van der Waals surface area contributed by atoms with E-state index in [0.29, 0.717) is 46.2 Å². The molecule has 4 aromatic rings. The number of carbonyl (C=O) groups is 1. The molecule has 214 valence electrons. The first-order chi connectivity index (χ1) is 19.5. The van der Waals surface area contributed by atoms with Gasteiger partial charge in [-0.05, 0) is 60.0 Å². The van der Waals surface area contributed by atoms with Gasteiger partial charge in [0.05, 0.1) is 18.5 Å². The Balaban J connectivity index is 1.45. The lowest BCUT2D eigenvalue weighted by Crippen LogP contribution is -2.49. The first kappa shape index (κ1) is 28.6. The highest BCUT2D eigenvalue weighted by molar-refractivity contribution is 6.31. The van der Waals surface area contributed by atoms with Crippen LogP contribution in [0.3, 0.4) is 0 Å². The summed E-state index contributed by atoms with van der Waals surface area (Å²) in [5, 5.41) is 13.3. The molecule has 0 radical (unpaired) electrons. The van der Waals surface area contributed by atoms with Crippen molar-refractivity contribution in [2.75, 3.05) is 32.9 Å². The number of alkyl halides is 4. The summed E-state index contributed by atoms with van der Waals surface area (Å²) in [5.74, 6) is -0.873. The van der Waals surface area contributed by atoms with Crippen LogP contribution in [0.2, 0.25) is 5.02 Å². The minimum Gasteiger partial charge on any atom is -0.493 e. The van der Waals surface area contributed by atoms with Gasteiger partial charge < -0.3 is 9.84 Å². The molecule has 0 saturated carbocycles. The molecule has 2 aromatic heterocycles. The van der Waals surface area contributed by atoms with Crippen LogP contribution in [0.1, 0.15) is 21.6 Å². The Morgan fingerprint density at radius 2 is 1.90 bits per heavy atom. The summed E-state index contributed by atoms with van der Waals surface area (Å²) in [5.41, 5.74) is 0.921. The summed E-state index contributed by atoms with van der Waals surface area (Å²) in [6.07, 6.45) is -4.32. The number of ether oxygens (including phenoxy) is 1. The van der Waals surface area contributed by atoms with Gasteiger partial charge in [0.15, 0.2) is 11.5 Å². The predicted molar refractivity (Wildman–Crippen MR) is 145 cm³/mol. The number of benzene rings is 2. The number of nitrogens with zero attached hydrogens (tertiary/aromatic N) is 4. The van der Waals surface area contributed by atoms with Gasteiger partial charge >= 0.3 is 12.1 Å². The highest BCUT2D eigenvalue weighted by Gasteiger charge is 2.41. The maximum atomic E-state index is 13.8. The second-order valence-corrected chi connectivity index (χ2v) is 10.2. The molecule has 41 heavy (non-hydrogen) atoms. The van der Waals surface area contributed by atoms with E-state index in [4.69, 9.17) is 16.3 Å². The minimum atomic E-state index is -4.98. The Bertz CT molecular complexity index is 1580. The number of halogens is 5. The summed E-state index contributed by atoms with van der Waals surface area (Å²) in [7, 11) is 0. The number of aromatic carboxylic acids is 1. The monoisotopic (exact) mass is 588 g/mol. The minimum absolute atomic E-state index is 0.200. The molecule has 12 heteroatoms. The van der Waals surface area contributed by atoms with Gasteiger partial charge in [-0.25, -0.2) is 18.9 Å². The highest BCUT2D eigenvalue weighted by atomic mass is 35.5. The number of likely N-dealkylation sites (tertiary alicyclic amines) is 1. The molecule has 0 bridgehead atoms.